The molecule has 1 heteroatoms. The maximum Gasteiger partial charge on any atom is 0.0708 e. The summed E-state index contributed by atoms with van der Waals surface area (Å²) < 4.78 is 0. The Kier molecular flexibility index (Phi) is 4.19. The van der Waals surface area contributed by atoms with E-state index in [9.17, 15) is 0 Å². The third-order valence-electron chi connectivity index (χ3n) is 5.14. The van der Waals surface area contributed by atoms with Crippen molar-refractivity contribution in [3.63, 3.8) is 0 Å². The van der Waals surface area contributed by atoms with E-state index in [4.69, 9.17) is 4.98 Å². The molecule has 132 valence electrons. The molecule has 0 saturated heterocycles. The van der Waals surface area contributed by atoms with Crippen molar-refractivity contribution in [2.24, 2.45) is 0 Å². The first-order chi connectivity index (χ1) is 13.9. The second-order valence-electron chi connectivity index (χ2n) is 6.87. The molecule has 1 aromatic heterocycles. The molecule has 0 saturated carbocycles. The van der Waals surface area contributed by atoms with Crippen LogP contribution in [0.2, 0.25) is 0 Å². The summed E-state index contributed by atoms with van der Waals surface area (Å²) in [6, 6.07) is 38.2. The predicted molar refractivity (Wildman–Crippen MR) is 118 cm³/mol. The fraction of sp³-hybridized carbons (Fsp3) is 0. The quantitative estimate of drug-likeness (QED) is 0.332. The van der Waals surface area contributed by atoms with Gasteiger partial charge in [0.2, 0.25) is 0 Å². The van der Waals surface area contributed by atoms with Gasteiger partial charge in [0.15, 0.2) is 0 Å². The highest BCUT2D eigenvalue weighted by Gasteiger charge is 2.12. The number of aromatic nitrogens is 1. The van der Waals surface area contributed by atoms with Gasteiger partial charge in [0, 0.05) is 22.7 Å². The molecule has 1 nitrogen and oxygen atoms in total. The minimum Gasteiger partial charge on any atom is -0.256 e. The maximum atomic E-state index is 4.72. The van der Waals surface area contributed by atoms with Crippen LogP contribution in [0.5, 0.6) is 0 Å². The number of benzene rings is 4. The summed E-state index contributed by atoms with van der Waals surface area (Å²) in [7, 11) is 0. The number of para-hydroxylation sites is 1. The molecule has 5 aromatic rings. The molecule has 1 heterocycles. The summed E-state index contributed by atoms with van der Waals surface area (Å²) in [6.45, 7) is 0. The topological polar surface area (TPSA) is 12.9 Å². The summed E-state index contributed by atoms with van der Waals surface area (Å²) >= 11 is 0. The van der Waals surface area contributed by atoms with Gasteiger partial charge in [0.25, 0.3) is 0 Å². The van der Waals surface area contributed by atoms with Crippen LogP contribution in [0.4, 0.5) is 0 Å². The molecular formula is C27H19N. The largest absolute Gasteiger partial charge is 0.256 e. The Balaban J connectivity index is 1.69. The van der Waals surface area contributed by atoms with Gasteiger partial charge in [0.1, 0.15) is 0 Å². The molecule has 0 amide bonds. The van der Waals surface area contributed by atoms with Gasteiger partial charge in [-0.15, -0.1) is 0 Å². The first-order valence-electron chi connectivity index (χ1n) is 9.49. The van der Waals surface area contributed by atoms with Crippen molar-refractivity contribution in [1.82, 2.24) is 4.98 Å². The average Bonchev–Trinajstić information content (AvgIpc) is 2.79. The van der Waals surface area contributed by atoms with Gasteiger partial charge < -0.3 is 0 Å². The van der Waals surface area contributed by atoms with Crippen LogP contribution in [0, 0.1) is 0 Å². The fourth-order valence-electron chi connectivity index (χ4n) is 3.75. The normalized spacial score (nSPS) is 10.9. The average molecular weight is 357 g/mol. The molecule has 0 fully saturated rings. The van der Waals surface area contributed by atoms with Crippen molar-refractivity contribution in [2.75, 3.05) is 0 Å². The number of hydrogen-bond donors (Lipinski definition) is 0. The SMILES string of the molecule is c1ccc(-c2ccc(-c3cnc4ccccc4c3-c3ccccc3)cc2)cc1. The fourth-order valence-corrected chi connectivity index (χ4v) is 3.75. The van der Waals surface area contributed by atoms with Crippen LogP contribution in [0.15, 0.2) is 115 Å². The van der Waals surface area contributed by atoms with Gasteiger partial charge in [-0.05, 0) is 28.3 Å². The number of rotatable bonds is 3. The van der Waals surface area contributed by atoms with Crippen LogP contribution in [0.3, 0.4) is 0 Å². The number of fused-ring (bicyclic) bond motifs is 1. The van der Waals surface area contributed by atoms with Crippen LogP contribution in [-0.4, -0.2) is 4.98 Å². The maximum absolute atomic E-state index is 4.72. The van der Waals surface area contributed by atoms with E-state index in [0.29, 0.717) is 0 Å². The van der Waals surface area contributed by atoms with Crippen LogP contribution in [-0.2, 0) is 0 Å². The molecule has 0 aliphatic rings. The Morgan fingerprint density at radius 3 is 1.68 bits per heavy atom. The molecule has 0 atom stereocenters. The van der Waals surface area contributed by atoms with Crippen molar-refractivity contribution in [2.45, 2.75) is 0 Å². The molecule has 28 heavy (non-hydrogen) atoms. The van der Waals surface area contributed by atoms with Crippen molar-refractivity contribution in [1.29, 1.82) is 0 Å². The Morgan fingerprint density at radius 2 is 0.964 bits per heavy atom. The standard InChI is InChI=1S/C27H19N/c1-3-9-20(10-4-1)21-15-17-22(18-16-21)25-19-28-26-14-8-7-13-24(26)27(25)23-11-5-2-6-12-23/h1-19H. The summed E-state index contributed by atoms with van der Waals surface area (Å²) in [5.74, 6) is 0. The van der Waals surface area contributed by atoms with E-state index in [2.05, 4.69) is 97.1 Å². The number of pyridine rings is 1. The first-order valence-corrected chi connectivity index (χ1v) is 9.49. The smallest absolute Gasteiger partial charge is 0.0708 e. The minimum atomic E-state index is 1.02. The third-order valence-corrected chi connectivity index (χ3v) is 5.14. The van der Waals surface area contributed by atoms with Crippen molar-refractivity contribution in [3.05, 3.63) is 115 Å². The van der Waals surface area contributed by atoms with Crippen molar-refractivity contribution >= 4 is 10.9 Å². The minimum absolute atomic E-state index is 1.02. The molecule has 0 unspecified atom stereocenters. The molecular weight excluding hydrogens is 338 g/mol. The van der Waals surface area contributed by atoms with Crippen molar-refractivity contribution in [3.8, 4) is 33.4 Å². The van der Waals surface area contributed by atoms with Crippen LogP contribution >= 0.6 is 0 Å². The van der Waals surface area contributed by atoms with Gasteiger partial charge in [-0.3, -0.25) is 4.98 Å². The summed E-state index contributed by atoms with van der Waals surface area (Å²) in [4.78, 5) is 4.72. The monoisotopic (exact) mass is 357 g/mol. The zero-order chi connectivity index (χ0) is 18.8. The van der Waals surface area contributed by atoms with E-state index in [0.717, 1.165) is 11.1 Å². The summed E-state index contributed by atoms with van der Waals surface area (Å²) in [5, 5.41) is 1.18. The van der Waals surface area contributed by atoms with Crippen LogP contribution in [0.25, 0.3) is 44.3 Å². The lowest BCUT2D eigenvalue weighted by molar-refractivity contribution is 1.40. The van der Waals surface area contributed by atoms with E-state index in [1.54, 1.807) is 0 Å². The van der Waals surface area contributed by atoms with Crippen LogP contribution in [0.1, 0.15) is 0 Å². The second-order valence-corrected chi connectivity index (χ2v) is 6.87. The molecule has 0 aliphatic heterocycles. The van der Waals surface area contributed by atoms with E-state index in [1.807, 2.05) is 18.3 Å². The number of hydrogen-bond acceptors (Lipinski definition) is 1. The Morgan fingerprint density at radius 1 is 0.429 bits per heavy atom. The zero-order valence-electron chi connectivity index (χ0n) is 15.4. The molecule has 0 aliphatic carbocycles. The number of nitrogens with zero attached hydrogens (tertiary/aromatic N) is 1. The lowest BCUT2D eigenvalue weighted by Gasteiger charge is -2.14. The van der Waals surface area contributed by atoms with Gasteiger partial charge in [-0.2, -0.15) is 0 Å². The van der Waals surface area contributed by atoms with Crippen molar-refractivity contribution < 1.29 is 0 Å². The first kappa shape index (κ1) is 16.5. The Labute approximate surface area is 165 Å². The predicted octanol–water partition coefficient (Wildman–Crippen LogP) is 7.24. The summed E-state index contributed by atoms with van der Waals surface area (Å²) in [5.41, 5.74) is 8.25. The molecule has 5 rings (SSSR count). The zero-order valence-corrected chi connectivity index (χ0v) is 15.4. The second kappa shape index (κ2) is 7.13. The van der Waals surface area contributed by atoms with Gasteiger partial charge in [-0.25, -0.2) is 0 Å². The van der Waals surface area contributed by atoms with Gasteiger partial charge in [-0.1, -0.05) is 103 Å². The molecule has 0 N–H and O–H groups in total. The van der Waals surface area contributed by atoms with E-state index >= 15 is 0 Å². The highest BCUT2D eigenvalue weighted by Crippen LogP contribution is 2.37. The van der Waals surface area contributed by atoms with Crippen LogP contribution < -0.4 is 0 Å². The Hall–Kier alpha value is -3.71. The third kappa shape index (κ3) is 2.97. The highest BCUT2D eigenvalue weighted by molar-refractivity contribution is 6.02. The van der Waals surface area contributed by atoms with Gasteiger partial charge in [0.05, 0.1) is 5.52 Å². The lowest BCUT2D eigenvalue weighted by atomic mass is 9.92. The highest BCUT2D eigenvalue weighted by atomic mass is 14.7. The molecule has 4 aromatic carbocycles. The van der Waals surface area contributed by atoms with E-state index < -0.39 is 0 Å². The Bertz CT molecular complexity index is 1220. The molecule has 0 spiro atoms. The summed E-state index contributed by atoms with van der Waals surface area (Å²) in [6.07, 6.45) is 2.00. The molecule has 0 radical (unpaired) electrons. The van der Waals surface area contributed by atoms with E-state index in [1.165, 1.54) is 33.2 Å². The van der Waals surface area contributed by atoms with Gasteiger partial charge >= 0.3 is 0 Å². The lowest BCUT2D eigenvalue weighted by Crippen LogP contribution is -1.90. The van der Waals surface area contributed by atoms with E-state index in [-0.39, 0.29) is 0 Å². The molecule has 0 bridgehead atoms.